The van der Waals surface area contributed by atoms with E-state index in [1.165, 1.54) is 25.9 Å². The Bertz CT molecular complexity index is 751. The molecular formula is C23H34ClN3O2. The molecular weight excluding hydrogens is 386 g/mol. The highest BCUT2D eigenvalue weighted by molar-refractivity contribution is 6.34. The number of piperidine rings is 2. The molecule has 2 saturated heterocycles. The predicted molar refractivity (Wildman–Crippen MR) is 118 cm³/mol. The van der Waals surface area contributed by atoms with Gasteiger partial charge in [0.25, 0.3) is 11.8 Å². The lowest BCUT2D eigenvalue weighted by Gasteiger charge is -2.41. The lowest BCUT2D eigenvalue weighted by atomic mass is 9.95. The van der Waals surface area contributed by atoms with Crippen LogP contribution in [0.25, 0.3) is 0 Å². The first-order valence-corrected chi connectivity index (χ1v) is 11.2. The van der Waals surface area contributed by atoms with Crippen molar-refractivity contribution in [3.63, 3.8) is 0 Å². The number of hydrogen-bond donors (Lipinski definition) is 1. The second kappa shape index (κ2) is 9.05. The molecule has 0 saturated carbocycles. The summed E-state index contributed by atoms with van der Waals surface area (Å²) in [4.78, 5) is 29.9. The zero-order valence-corrected chi connectivity index (χ0v) is 18.9. The van der Waals surface area contributed by atoms with Gasteiger partial charge in [0, 0.05) is 36.8 Å². The maximum Gasteiger partial charge on any atom is 0.253 e. The molecule has 2 fully saturated rings. The summed E-state index contributed by atoms with van der Waals surface area (Å²) in [5, 5.41) is 3.22. The first kappa shape index (κ1) is 22.1. The third-order valence-electron chi connectivity index (χ3n) is 5.91. The zero-order chi connectivity index (χ0) is 21.2. The van der Waals surface area contributed by atoms with Crippen LogP contribution in [-0.2, 0) is 0 Å². The van der Waals surface area contributed by atoms with E-state index in [9.17, 15) is 9.59 Å². The lowest BCUT2D eigenvalue weighted by molar-refractivity contribution is 0.0541. The van der Waals surface area contributed by atoms with Crippen molar-refractivity contribution in [3.05, 3.63) is 34.3 Å². The van der Waals surface area contributed by atoms with E-state index in [0.717, 1.165) is 31.8 Å². The van der Waals surface area contributed by atoms with Gasteiger partial charge in [-0.1, -0.05) is 18.5 Å². The Kier molecular flexibility index (Phi) is 6.90. The minimum atomic E-state index is -0.342. The van der Waals surface area contributed by atoms with Gasteiger partial charge in [0.1, 0.15) is 0 Å². The Morgan fingerprint density at radius 3 is 2.38 bits per heavy atom. The molecule has 0 aromatic heterocycles. The van der Waals surface area contributed by atoms with Crippen LogP contribution < -0.4 is 5.32 Å². The van der Waals surface area contributed by atoms with E-state index in [1.54, 1.807) is 18.2 Å². The molecule has 1 N–H and O–H groups in total. The van der Waals surface area contributed by atoms with Crippen LogP contribution >= 0.6 is 11.6 Å². The Labute approximate surface area is 179 Å². The van der Waals surface area contributed by atoms with Gasteiger partial charge in [-0.05, 0) is 77.1 Å². The number of carbonyl (C=O) groups excluding carboxylic acids is 2. The second-order valence-electron chi connectivity index (χ2n) is 9.66. The van der Waals surface area contributed by atoms with E-state index >= 15 is 0 Å². The van der Waals surface area contributed by atoms with Crippen LogP contribution in [-0.4, -0.2) is 59.4 Å². The van der Waals surface area contributed by atoms with Crippen LogP contribution in [0.5, 0.6) is 0 Å². The Hall–Kier alpha value is -1.59. The number of nitrogens with zero attached hydrogens (tertiary/aromatic N) is 2. The molecule has 1 aromatic rings. The van der Waals surface area contributed by atoms with E-state index in [2.05, 4.69) is 17.1 Å². The molecule has 0 spiro atoms. The minimum Gasteiger partial charge on any atom is -0.347 e. The molecule has 2 amide bonds. The normalized spacial score (nSPS) is 21.8. The van der Waals surface area contributed by atoms with Crippen molar-refractivity contribution in [2.75, 3.05) is 26.2 Å². The van der Waals surface area contributed by atoms with Crippen molar-refractivity contribution in [1.82, 2.24) is 15.1 Å². The molecule has 3 rings (SSSR count). The van der Waals surface area contributed by atoms with E-state index < -0.39 is 0 Å². The van der Waals surface area contributed by atoms with Gasteiger partial charge in [-0.25, -0.2) is 0 Å². The molecule has 29 heavy (non-hydrogen) atoms. The first-order chi connectivity index (χ1) is 13.6. The smallest absolute Gasteiger partial charge is 0.253 e. The monoisotopic (exact) mass is 419 g/mol. The highest BCUT2D eigenvalue weighted by atomic mass is 35.5. The van der Waals surface area contributed by atoms with Gasteiger partial charge in [0.05, 0.1) is 10.6 Å². The maximum atomic E-state index is 13.0. The van der Waals surface area contributed by atoms with Gasteiger partial charge in [-0.15, -0.1) is 0 Å². The number of nitrogens with one attached hydrogen (secondary N) is 1. The summed E-state index contributed by atoms with van der Waals surface area (Å²) >= 11 is 6.34. The SMILES string of the molecule is C[C@@H]1CCCN(C2CCN(C(=O)c3ccc(C(=O)NC(C)(C)C)c(Cl)c3)CC2)C1. The Morgan fingerprint density at radius 2 is 1.79 bits per heavy atom. The summed E-state index contributed by atoms with van der Waals surface area (Å²) in [6.45, 7) is 12.0. The molecule has 2 aliphatic heterocycles. The predicted octanol–water partition coefficient (Wildman–Crippen LogP) is 4.20. The molecule has 0 unspecified atom stereocenters. The molecule has 0 aliphatic carbocycles. The van der Waals surface area contributed by atoms with Crippen molar-refractivity contribution in [1.29, 1.82) is 0 Å². The molecule has 2 aliphatic rings. The Balaban J connectivity index is 1.60. The molecule has 5 nitrogen and oxygen atoms in total. The fraction of sp³-hybridized carbons (Fsp3) is 0.652. The molecule has 0 bridgehead atoms. The summed E-state index contributed by atoms with van der Waals surface area (Å²) in [6.07, 6.45) is 4.67. The average Bonchev–Trinajstić information content (AvgIpc) is 2.66. The Morgan fingerprint density at radius 1 is 1.10 bits per heavy atom. The van der Waals surface area contributed by atoms with Crippen LogP contribution in [0.1, 0.15) is 74.1 Å². The first-order valence-electron chi connectivity index (χ1n) is 10.8. The second-order valence-corrected chi connectivity index (χ2v) is 10.1. The summed E-state index contributed by atoms with van der Waals surface area (Å²) in [5.41, 5.74) is 0.606. The standard InChI is InChI=1S/C23H34ClN3O2/c1-16-6-5-11-27(15-16)18-9-12-26(13-10-18)22(29)17-7-8-19(20(24)14-17)21(28)25-23(2,3)4/h7-8,14,16,18H,5-6,9-13,15H2,1-4H3,(H,25,28)/t16-/m1/s1. The third-order valence-corrected chi connectivity index (χ3v) is 6.22. The highest BCUT2D eigenvalue weighted by Gasteiger charge is 2.30. The van der Waals surface area contributed by atoms with Gasteiger partial charge in [-0.2, -0.15) is 0 Å². The fourth-order valence-electron chi connectivity index (χ4n) is 4.41. The van der Waals surface area contributed by atoms with Crippen LogP contribution in [0.4, 0.5) is 0 Å². The highest BCUT2D eigenvalue weighted by Crippen LogP contribution is 2.25. The molecule has 1 aromatic carbocycles. The average molecular weight is 420 g/mol. The quantitative estimate of drug-likeness (QED) is 0.798. The van der Waals surface area contributed by atoms with Crippen molar-refractivity contribution < 1.29 is 9.59 Å². The third kappa shape index (κ3) is 5.73. The number of amides is 2. The molecule has 6 heteroatoms. The summed E-state index contributed by atoms with van der Waals surface area (Å²) in [5.74, 6) is 0.553. The maximum absolute atomic E-state index is 13.0. The molecule has 160 valence electrons. The minimum absolute atomic E-state index is 0.000131. The van der Waals surface area contributed by atoms with E-state index in [-0.39, 0.29) is 17.4 Å². The van der Waals surface area contributed by atoms with Crippen LogP contribution in [0.2, 0.25) is 5.02 Å². The van der Waals surface area contributed by atoms with Crippen molar-refractivity contribution in [3.8, 4) is 0 Å². The van der Waals surface area contributed by atoms with Crippen molar-refractivity contribution in [2.24, 2.45) is 5.92 Å². The largest absolute Gasteiger partial charge is 0.347 e. The van der Waals surface area contributed by atoms with Gasteiger partial charge < -0.3 is 10.2 Å². The summed E-state index contributed by atoms with van der Waals surface area (Å²) in [7, 11) is 0. The molecule has 1 atom stereocenters. The van der Waals surface area contributed by atoms with Crippen LogP contribution in [0, 0.1) is 5.92 Å². The van der Waals surface area contributed by atoms with Gasteiger partial charge in [0.15, 0.2) is 0 Å². The van der Waals surface area contributed by atoms with Gasteiger partial charge >= 0.3 is 0 Å². The molecule has 2 heterocycles. The summed E-state index contributed by atoms with van der Waals surface area (Å²) in [6, 6.07) is 5.58. The van der Waals surface area contributed by atoms with Crippen molar-refractivity contribution in [2.45, 2.75) is 65.0 Å². The van der Waals surface area contributed by atoms with Crippen LogP contribution in [0.3, 0.4) is 0 Å². The van der Waals surface area contributed by atoms with Gasteiger partial charge in [0.2, 0.25) is 0 Å². The topological polar surface area (TPSA) is 52.7 Å². The zero-order valence-electron chi connectivity index (χ0n) is 18.1. The van der Waals surface area contributed by atoms with E-state index in [4.69, 9.17) is 11.6 Å². The number of halogens is 1. The van der Waals surface area contributed by atoms with E-state index in [0.29, 0.717) is 22.2 Å². The number of hydrogen-bond acceptors (Lipinski definition) is 3. The van der Waals surface area contributed by atoms with E-state index in [1.807, 2.05) is 25.7 Å². The number of rotatable bonds is 3. The number of benzene rings is 1. The van der Waals surface area contributed by atoms with Crippen molar-refractivity contribution >= 4 is 23.4 Å². The lowest BCUT2D eigenvalue weighted by Crippen LogP contribution is -2.49. The van der Waals surface area contributed by atoms with Crippen LogP contribution in [0.15, 0.2) is 18.2 Å². The molecule has 0 radical (unpaired) electrons. The number of likely N-dealkylation sites (tertiary alicyclic amines) is 2. The fourth-order valence-corrected chi connectivity index (χ4v) is 4.68. The summed E-state index contributed by atoms with van der Waals surface area (Å²) < 4.78 is 0. The van der Waals surface area contributed by atoms with Gasteiger partial charge in [-0.3, -0.25) is 14.5 Å². The number of carbonyl (C=O) groups is 2.